The Bertz CT molecular complexity index is 2430. The molecule has 3 aromatic carbocycles. The number of rotatable bonds is 4. The molecule has 0 aliphatic heterocycles. The molecule has 0 fully saturated rings. The fourth-order valence-corrected chi connectivity index (χ4v) is 4.57. The summed E-state index contributed by atoms with van der Waals surface area (Å²) in [7, 11) is 0. The van der Waals surface area contributed by atoms with Crippen LogP contribution in [-0.2, 0) is 0 Å². The highest BCUT2D eigenvalue weighted by Gasteiger charge is 2.31. The molecule has 20 heteroatoms. The van der Waals surface area contributed by atoms with Crippen LogP contribution in [0.5, 0.6) is 0 Å². The van der Waals surface area contributed by atoms with Crippen LogP contribution in [0.15, 0.2) is 21.0 Å². The molecule has 0 saturated heterocycles. The van der Waals surface area contributed by atoms with Gasteiger partial charge in [-0.25, -0.2) is 51.3 Å². The van der Waals surface area contributed by atoms with Gasteiger partial charge in [0.05, 0.1) is 28.2 Å². The van der Waals surface area contributed by atoms with Gasteiger partial charge in [0.15, 0.2) is 57.2 Å². The highest BCUT2D eigenvalue weighted by atomic mass is 19.2. The molecule has 0 bridgehead atoms. The van der Waals surface area contributed by atoms with Crippen molar-refractivity contribution in [1.29, 1.82) is 15.8 Å². The average Bonchev–Trinajstić information content (AvgIpc) is 3.85. The Morgan fingerprint density at radius 2 is 1.06 bits per heavy atom. The number of hydrogen-bond donors (Lipinski definition) is 1. The molecule has 7 rings (SSSR count). The van der Waals surface area contributed by atoms with E-state index in [0.29, 0.717) is 0 Å². The SMILES string of the molecule is N#Cc1cc2nc(C(C#N)c3nc(-c4nc5c(F)c(F)c(F)c(F)c5o4)nc(-c4nc5c(F)c(F)c(F)c(F)c5o4)n3)[nH]c2cc1C#N. The zero-order chi connectivity index (χ0) is 34.2. The molecule has 0 radical (unpaired) electrons. The summed E-state index contributed by atoms with van der Waals surface area (Å²) in [4.78, 5) is 26.0. The highest BCUT2D eigenvalue weighted by molar-refractivity contribution is 5.80. The number of oxazole rings is 2. The Kier molecular flexibility index (Phi) is 6.51. The van der Waals surface area contributed by atoms with E-state index in [9.17, 15) is 50.9 Å². The van der Waals surface area contributed by atoms with Crippen molar-refractivity contribution in [3.8, 4) is 41.6 Å². The van der Waals surface area contributed by atoms with E-state index in [4.69, 9.17) is 8.83 Å². The van der Waals surface area contributed by atoms with Gasteiger partial charge in [-0.05, 0) is 12.1 Å². The second-order valence-corrected chi connectivity index (χ2v) is 9.57. The van der Waals surface area contributed by atoms with Gasteiger partial charge in [0.1, 0.15) is 18.0 Å². The summed E-state index contributed by atoms with van der Waals surface area (Å²) < 4.78 is 124. The van der Waals surface area contributed by atoms with E-state index in [1.807, 2.05) is 18.2 Å². The van der Waals surface area contributed by atoms with E-state index in [2.05, 4.69) is 34.9 Å². The summed E-state index contributed by atoms with van der Waals surface area (Å²) >= 11 is 0. The van der Waals surface area contributed by atoms with Crippen LogP contribution in [0.3, 0.4) is 0 Å². The number of H-pyrrole nitrogens is 1. The lowest BCUT2D eigenvalue weighted by molar-refractivity contribution is 0.410. The Morgan fingerprint density at radius 1 is 0.583 bits per heavy atom. The molecule has 0 amide bonds. The molecular formula is C28H4F8N10O2. The van der Waals surface area contributed by atoms with Crippen molar-refractivity contribution in [1.82, 2.24) is 34.9 Å². The number of nitrogens with zero attached hydrogens (tertiary/aromatic N) is 9. The van der Waals surface area contributed by atoms with Crippen molar-refractivity contribution in [2.45, 2.75) is 5.92 Å². The number of benzene rings is 3. The molecular weight excluding hydrogens is 660 g/mol. The lowest BCUT2D eigenvalue weighted by Gasteiger charge is -2.07. The molecule has 1 unspecified atom stereocenters. The molecule has 1 N–H and O–H groups in total. The molecule has 0 aliphatic carbocycles. The number of hydrogen-bond acceptors (Lipinski definition) is 11. The van der Waals surface area contributed by atoms with Gasteiger partial charge in [-0.15, -0.1) is 0 Å². The normalized spacial score (nSPS) is 12.0. The van der Waals surface area contributed by atoms with Crippen LogP contribution < -0.4 is 0 Å². The number of aromatic amines is 1. The van der Waals surface area contributed by atoms with E-state index in [0.717, 1.165) is 0 Å². The van der Waals surface area contributed by atoms with Crippen molar-refractivity contribution in [3.63, 3.8) is 0 Å². The average molecular weight is 664 g/mol. The Hall–Kier alpha value is -7.01. The lowest BCUT2D eigenvalue weighted by Crippen LogP contribution is -2.10. The van der Waals surface area contributed by atoms with Gasteiger partial charge >= 0.3 is 0 Å². The molecule has 48 heavy (non-hydrogen) atoms. The number of nitriles is 3. The fourth-order valence-electron chi connectivity index (χ4n) is 4.57. The monoisotopic (exact) mass is 664 g/mol. The van der Waals surface area contributed by atoms with Gasteiger partial charge < -0.3 is 13.8 Å². The first-order chi connectivity index (χ1) is 22.9. The third-order valence-electron chi connectivity index (χ3n) is 6.80. The maximum Gasteiger partial charge on any atom is 0.266 e. The highest BCUT2D eigenvalue weighted by Crippen LogP contribution is 2.34. The molecule has 0 spiro atoms. The van der Waals surface area contributed by atoms with Gasteiger partial charge in [0.2, 0.25) is 34.9 Å². The van der Waals surface area contributed by atoms with E-state index >= 15 is 0 Å². The van der Waals surface area contributed by atoms with Gasteiger partial charge in [0, 0.05) is 0 Å². The van der Waals surface area contributed by atoms with Gasteiger partial charge in [-0.3, -0.25) is 0 Å². The summed E-state index contributed by atoms with van der Waals surface area (Å²) in [5.74, 6) is -22.7. The van der Waals surface area contributed by atoms with Crippen molar-refractivity contribution in [3.05, 3.63) is 81.4 Å². The first-order valence-corrected chi connectivity index (χ1v) is 12.7. The molecule has 0 saturated carbocycles. The topological polar surface area (TPSA) is 191 Å². The van der Waals surface area contributed by atoms with Crippen LogP contribution in [-0.4, -0.2) is 34.9 Å². The van der Waals surface area contributed by atoms with Crippen LogP contribution in [0, 0.1) is 80.5 Å². The van der Waals surface area contributed by atoms with Crippen molar-refractivity contribution >= 4 is 33.2 Å². The number of fused-ring (bicyclic) bond motifs is 3. The zero-order valence-electron chi connectivity index (χ0n) is 22.6. The summed E-state index contributed by atoms with van der Waals surface area (Å²) in [5.41, 5.74) is -4.50. The Labute approximate surface area is 257 Å². The van der Waals surface area contributed by atoms with Gasteiger partial charge in [-0.2, -0.15) is 29.6 Å². The summed E-state index contributed by atoms with van der Waals surface area (Å²) in [6, 6.07) is 7.96. The Morgan fingerprint density at radius 3 is 1.54 bits per heavy atom. The molecule has 234 valence electrons. The number of nitrogens with one attached hydrogen (secondary N) is 1. The summed E-state index contributed by atoms with van der Waals surface area (Å²) in [6.07, 6.45) is 0. The second-order valence-electron chi connectivity index (χ2n) is 9.57. The lowest BCUT2D eigenvalue weighted by atomic mass is 10.1. The minimum atomic E-state index is -2.23. The molecule has 0 aliphatic rings. The fraction of sp³-hybridized carbons (Fsp3) is 0.0357. The quantitative estimate of drug-likeness (QED) is 0.134. The van der Waals surface area contributed by atoms with Crippen LogP contribution in [0.1, 0.15) is 28.7 Å². The maximum absolute atomic E-state index is 14.5. The smallest absolute Gasteiger partial charge is 0.266 e. The van der Waals surface area contributed by atoms with Crippen molar-refractivity contribution in [2.75, 3.05) is 0 Å². The Balaban J connectivity index is 1.47. The van der Waals surface area contributed by atoms with Crippen molar-refractivity contribution in [2.24, 2.45) is 0 Å². The van der Waals surface area contributed by atoms with Crippen molar-refractivity contribution < 1.29 is 44.0 Å². The predicted octanol–water partition coefficient (Wildman–Crippen LogP) is 5.88. The van der Waals surface area contributed by atoms with E-state index in [-0.39, 0.29) is 28.0 Å². The van der Waals surface area contributed by atoms with Crippen LogP contribution in [0.2, 0.25) is 0 Å². The van der Waals surface area contributed by atoms with Gasteiger partial charge in [-0.1, -0.05) is 0 Å². The molecule has 4 heterocycles. The molecule has 1 atom stereocenters. The van der Waals surface area contributed by atoms with Crippen LogP contribution in [0.4, 0.5) is 35.1 Å². The minimum absolute atomic E-state index is 0.0370. The molecule has 12 nitrogen and oxygen atoms in total. The maximum atomic E-state index is 14.5. The van der Waals surface area contributed by atoms with E-state index < -0.39 is 104 Å². The summed E-state index contributed by atoms with van der Waals surface area (Å²) in [5, 5.41) is 28.8. The third kappa shape index (κ3) is 4.26. The predicted molar refractivity (Wildman–Crippen MR) is 138 cm³/mol. The molecule has 4 aromatic heterocycles. The van der Waals surface area contributed by atoms with E-state index in [1.54, 1.807) is 0 Å². The van der Waals surface area contributed by atoms with Crippen LogP contribution >= 0.6 is 0 Å². The minimum Gasteiger partial charge on any atom is -0.430 e. The summed E-state index contributed by atoms with van der Waals surface area (Å²) in [6.45, 7) is 0. The number of aromatic nitrogens is 7. The zero-order valence-corrected chi connectivity index (χ0v) is 22.6. The first kappa shape index (κ1) is 29.7. The third-order valence-corrected chi connectivity index (χ3v) is 6.80. The van der Waals surface area contributed by atoms with Crippen LogP contribution in [0.25, 0.3) is 56.7 Å². The largest absolute Gasteiger partial charge is 0.430 e. The first-order valence-electron chi connectivity index (χ1n) is 12.7. The van der Waals surface area contributed by atoms with Gasteiger partial charge in [0.25, 0.3) is 11.8 Å². The standard InChI is InChI=1S/C28H4F8N10O2/c29-11-13(31)17(35)21-19(15(11)33)42-27(47-21)25-44-24(8(5-39)23-40-9-1-6(3-37)7(4-38)2-10(9)41-23)45-26(46-25)28-43-20-16(34)12(30)14(32)18(36)22(20)48-28/h1-2,8H,(H,40,41). The molecule has 7 aromatic rings. The number of halogens is 8. The number of imidazole rings is 1. The second kappa shape index (κ2) is 10.5. The van der Waals surface area contributed by atoms with E-state index in [1.165, 1.54) is 12.1 Å².